The number of phenols is 1. The van der Waals surface area contributed by atoms with Gasteiger partial charge >= 0.3 is 29.6 Å². The number of hydrogen-bond acceptors (Lipinski definition) is 5. The molecule has 0 amide bonds. The van der Waals surface area contributed by atoms with Crippen LogP contribution in [0.4, 0.5) is 11.4 Å². The predicted octanol–water partition coefficient (Wildman–Crippen LogP) is 4.68. The van der Waals surface area contributed by atoms with Crippen molar-refractivity contribution in [1.82, 2.24) is 0 Å². The maximum absolute atomic E-state index is 11.3. The van der Waals surface area contributed by atoms with Gasteiger partial charge in [0.15, 0.2) is 0 Å². The molecular formula is C19H19N2NaO4S. The Morgan fingerprint density at radius 2 is 1.59 bits per heavy atom. The van der Waals surface area contributed by atoms with E-state index in [0.29, 0.717) is 22.4 Å². The summed E-state index contributed by atoms with van der Waals surface area (Å²) in [5.74, 6) is 0.347. The fourth-order valence-corrected chi connectivity index (χ4v) is 3.10. The third-order valence-electron chi connectivity index (χ3n) is 4.06. The normalized spacial score (nSPS) is 11.9. The topological polar surface area (TPSA) is 99.3 Å². The molecule has 2 N–H and O–H groups in total. The van der Waals surface area contributed by atoms with Gasteiger partial charge in [-0.3, -0.25) is 4.55 Å². The van der Waals surface area contributed by atoms with Crippen molar-refractivity contribution in [3.63, 3.8) is 0 Å². The maximum atomic E-state index is 11.3. The van der Waals surface area contributed by atoms with Crippen LogP contribution in [0.3, 0.4) is 0 Å². The van der Waals surface area contributed by atoms with Crippen LogP contribution >= 0.6 is 0 Å². The predicted molar refractivity (Wildman–Crippen MR) is 107 cm³/mol. The van der Waals surface area contributed by atoms with E-state index >= 15 is 0 Å². The molecule has 0 saturated carbocycles. The third kappa shape index (κ3) is 4.94. The van der Waals surface area contributed by atoms with Crippen LogP contribution in [0.25, 0.3) is 10.8 Å². The summed E-state index contributed by atoms with van der Waals surface area (Å²) < 4.78 is 31.7. The van der Waals surface area contributed by atoms with Crippen LogP contribution in [0.1, 0.15) is 25.3 Å². The van der Waals surface area contributed by atoms with Crippen molar-refractivity contribution in [2.24, 2.45) is 10.2 Å². The molecule has 6 nitrogen and oxygen atoms in total. The molecule has 0 unspecified atom stereocenters. The quantitative estimate of drug-likeness (QED) is 0.381. The Morgan fingerprint density at radius 3 is 2.19 bits per heavy atom. The summed E-state index contributed by atoms with van der Waals surface area (Å²) in [6, 6.07) is 14.7. The van der Waals surface area contributed by atoms with E-state index in [1.54, 1.807) is 6.07 Å². The van der Waals surface area contributed by atoms with Gasteiger partial charge in [0, 0.05) is 5.39 Å². The van der Waals surface area contributed by atoms with Crippen molar-refractivity contribution in [1.29, 1.82) is 0 Å². The monoisotopic (exact) mass is 394 g/mol. The Kier molecular flexibility index (Phi) is 6.77. The van der Waals surface area contributed by atoms with E-state index < -0.39 is 10.1 Å². The Hall–Kier alpha value is -1.77. The van der Waals surface area contributed by atoms with Gasteiger partial charge in [0.05, 0.1) is 10.6 Å². The Morgan fingerprint density at radius 1 is 0.926 bits per heavy atom. The van der Waals surface area contributed by atoms with Crippen molar-refractivity contribution < 1.29 is 18.1 Å². The number of hydrogen-bond donors (Lipinski definition) is 2. The zero-order valence-corrected chi connectivity index (χ0v) is 15.1. The molecule has 0 spiro atoms. The molecule has 0 aliphatic carbocycles. The zero-order chi connectivity index (χ0) is 18.9. The second-order valence-electron chi connectivity index (χ2n) is 6.24. The van der Waals surface area contributed by atoms with Crippen LogP contribution in [0, 0.1) is 0 Å². The summed E-state index contributed by atoms with van der Waals surface area (Å²) in [5, 5.41) is 19.4. The molecule has 0 aromatic heterocycles. The van der Waals surface area contributed by atoms with E-state index in [0.717, 1.165) is 0 Å². The number of rotatable bonds is 4. The number of azo groups is 1. The van der Waals surface area contributed by atoms with Crippen molar-refractivity contribution in [2.45, 2.75) is 24.7 Å². The summed E-state index contributed by atoms with van der Waals surface area (Å²) in [5.41, 5.74) is 2.06. The molecule has 0 saturated heterocycles. The fourth-order valence-electron chi connectivity index (χ4n) is 2.58. The SMILES string of the molecule is CC(C)c1ccc(N=Nc2c(O)ccc3cc(S(=O)(=O)O)ccc23)cc1.[NaH]. The minimum absolute atomic E-state index is 0. The van der Waals surface area contributed by atoms with Crippen LogP contribution in [-0.2, 0) is 10.1 Å². The van der Waals surface area contributed by atoms with Gasteiger partial charge < -0.3 is 5.11 Å². The van der Waals surface area contributed by atoms with Crippen LogP contribution in [-0.4, -0.2) is 47.6 Å². The van der Waals surface area contributed by atoms with E-state index in [1.807, 2.05) is 24.3 Å². The first-order valence-electron chi connectivity index (χ1n) is 8.00. The van der Waals surface area contributed by atoms with Crippen LogP contribution < -0.4 is 0 Å². The second kappa shape index (κ2) is 8.50. The van der Waals surface area contributed by atoms with Crippen LogP contribution in [0.5, 0.6) is 5.75 Å². The van der Waals surface area contributed by atoms with Gasteiger partial charge in [-0.1, -0.05) is 38.1 Å². The molecule has 0 bridgehead atoms. The number of aromatic hydroxyl groups is 1. The van der Waals surface area contributed by atoms with Gasteiger partial charge in [-0.15, -0.1) is 5.11 Å². The van der Waals surface area contributed by atoms with E-state index in [9.17, 15) is 13.5 Å². The third-order valence-corrected chi connectivity index (χ3v) is 4.91. The van der Waals surface area contributed by atoms with Gasteiger partial charge in [-0.2, -0.15) is 13.5 Å². The molecule has 0 aliphatic rings. The number of fused-ring (bicyclic) bond motifs is 1. The van der Waals surface area contributed by atoms with Crippen LogP contribution in [0.15, 0.2) is 69.7 Å². The molecule has 3 aromatic carbocycles. The van der Waals surface area contributed by atoms with Gasteiger partial charge in [0.1, 0.15) is 11.4 Å². The number of benzene rings is 3. The van der Waals surface area contributed by atoms with Crippen molar-refractivity contribution in [3.05, 3.63) is 60.2 Å². The van der Waals surface area contributed by atoms with Gasteiger partial charge in [0.25, 0.3) is 10.1 Å². The van der Waals surface area contributed by atoms with E-state index in [1.165, 1.54) is 29.8 Å². The van der Waals surface area contributed by atoms with E-state index in [-0.39, 0.29) is 45.9 Å². The summed E-state index contributed by atoms with van der Waals surface area (Å²) in [6.07, 6.45) is 0. The molecule has 0 aliphatic heterocycles. The Labute approximate surface area is 180 Å². The molecule has 136 valence electrons. The molecule has 8 heteroatoms. The number of nitrogens with zero attached hydrogens (tertiary/aromatic N) is 2. The minimum atomic E-state index is -4.30. The molecular weight excluding hydrogens is 375 g/mol. The summed E-state index contributed by atoms with van der Waals surface area (Å²) in [4.78, 5) is -0.220. The van der Waals surface area contributed by atoms with Gasteiger partial charge in [0.2, 0.25) is 0 Å². The Balaban J connectivity index is 0.00000261. The molecule has 0 fully saturated rings. The Bertz CT molecular complexity index is 1090. The van der Waals surface area contributed by atoms with E-state index in [2.05, 4.69) is 24.1 Å². The van der Waals surface area contributed by atoms with Crippen LogP contribution in [0.2, 0.25) is 0 Å². The second-order valence-corrected chi connectivity index (χ2v) is 7.66. The molecule has 3 rings (SSSR count). The summed E-state index contributed by atoms with van der Waals surface area (Å²) in [6.45, 7) is 4.21. The molecule has 0 atom stereocenters. The van der Waals surface area contributed by atoms with Gasteiger partial charge in [-0.05, 0) is 47.2 Å². The number of phenolic OH excluding ortho intramolecular Hbond substituents is 1. The fraction of sp³-hybridized carbons (Fsp3) is 0.158. The molecule has 0 heterocycles. The van der Waals surface area contributed by atoms with E-state index in [4.69, 9.17) is 4.55 Å². The average Bonchev–Trinajstić information content (AvgIpc) is 2.60. The average molecular weight is 394 g/mol. The summed E-state index contributed by atoms with van der Waals surface area (Å²) in [7, 11) is -4.30. The summed E-state index contributed by atoms with van der Waals surface area (Å²) >= 11 is 0. The van der Waals surface area contributed by atoms with Crippen molar-refractivity contribution >= 4 is 61.8 Å². The first kappa shape index (κ1) is 21.5. The van der Waals surface area contributed by atoms with Crippen molar-refractivity contribution in [3.8, 4) is 5.75 Å². The molecule has 27 heavy (non-hydrogen) atoms. The first-order valence-corrected chi connectivity index (χ1v) is 9.44. The first-order chi connectivity index (χ1) is 12.3. The molecule has 3 aromatic rings. The zero-order valence-electron chi connectivity index (χ0n) is 14.3. The standard InChI is InChI=1S/C19H18N2O4S.Na.H/c1-12(2)13-3-6-15(7-4-13)20-21-19-17-9-8-16(26(23,24)25)11-14(17)5-10-18(19)22;;/h3-12,22H,1-2H3,(H,23,24,25);;. The van der Waals surface area contributed by atoms with Crippen molar-refractivity contribution in [2.75, 3.05) is 0 Å². The molecule has 0 radical (unpaired) electrons. The van der Waals surface area contributed by atoms with Gasteiger partial charge in [-0.25, -0.2) is 0 Å².